The Kier molecular flexibility index (Phi) is 7.76. The number of rotatable bonds is 8. The number of carbonyl (C=O) groups is 1. The third-order valence-corrected chi connectivity index (χ3v) is 4.10. The molecule has 0 aromatic heterocycles. The maximum Gasteiger partial charge on any atom is 0.260 e. The topological polar surface area (TPSA) is 50.7 Å². The summed E-state index contributed by atoms with van der Waals surface area (Å²) in [7, 11) is 0. The van der Waals surface area contributed by atoms with Gasteiger partial charge in [-0.2, -0.15) is 0 Å². The summed E-state index contributed by atoms with van der Waals surface area (Å²) in [5, 5.41) is 7.67. The van der Waals surface area contributed by atoms with Gasteiger partial charge < -0.3 is 10.2 Å². The Hall–Kier alpha value is -2.04. The number of hydrogen-bond acceptors (Lipinski definition) is 3. The van der Waals surface area contributed by atoms with E-state index in [2.05, 4.69) is 22.6 Å². The molecule has 0 aliphatic carbocycles. The monoisotopic (exact) mass is 378 g/mol. The molecule has 0 fully saturated rings. The van der Waals surface area contributed by atoms with Crippen LogP contribution in [0.3, 0.4) is 0 Å². The van der Waals surface area contributed by atoms with E-state index in [9.17, 15) is 4.79 Å². The van der Waals surface area contributed by atoms with Crippen LogP contribution in [0.4, 0.5) is 0 Å². The second kappa shape index (κ2) is 10.1. The highest BCUT2D eigenvalue weighted by Gasteiger charge is 2.08. The number of benzene rings is 2. The maximum absolute atomic E-state index is 11.8. The lowest BCUT2D eigenvalue weighted by Gasteiger charge is -2.13. The van der Waals surface area contributed by atoms with Crippen LogP contribution in [0.1, 0.15) is 24.5 Å². The zero-order valence-corrected chi connectivity index (χ0v) is 15.4. The van der Waals surface area contributed by atoms with Gasteiger partial charge in [0, 0.05) is 16.6 Å². The lowest BCUT2D eigenvalue weighted by atomic mass is 10.1. The summed E-state index contributed by atoms with van der Waals surface area (Å²) in [6, 6.07) is 15.3. The minimum atomic E-state index is -0.208. The van der Waals surface area contributed by atoms with Gasteiger partial charge in [-0.05, 0) is 37.5 Å². The predicted octanol–water partition coefficient (Wildman–Crippen LogP) is 4.48. The Morgan fingerprint density at radius 3 is 2.72 bits per heavy atom. The van der Waals surface area contributed by atoms with Crippen LogP contribution >= 0.6 is 23.2 Å². The average molecular weight is 379 g/mol. The summed E-state index contributed by atoms with van der Waals surface area (Å²) in [6.07, 6.45) is 3.22. The fraction of sp³-hybridized carbons (Fsp3) is 0.263. The predicted molar refractivity (Wildman–Crippen MR) is 102 cm³/mol. The van der Waals surface area contributed by atoms with Crippen LogP contribution in [0.25, 0.3) is 0 Å². The van der Waals surface area contributed by atoms with Crippen LogP contribution in [-0.4, -0.2) is 24.8 Å². The Morgan fingerprint density at radius 2 is 2.00 bits per heavy atom. The lowest BCUT2D eigenvalue weighted by Crippen LogP contribution is -2.35. The molecular formula is C19H20Cl2N2O2. The molecule has 0 saturated carbocycles. The highest BCUT2D eigenvalue weighted by Crippen LogP contribution is 2.19. The summed E-state index contributed by atoms with van der Waals surface area (Å²) in [6.45, 7) is 1.83. The van der Waals surface area contributed by atoms with E-state index in [0.717, 1.165) is 12.8 Å². The quantitative estimate of drug-likeness (QED) is 0.543. The number of aryl methyl sites for hydroxylation is 1. The van der Waals surface area contributed by atoms with Crippen molar-refractivity contribution < 1.29 is 9.63 Å². The van der Waals surface area contributed by atoms with Gasteiger partial charge in [0.15, 0.2) is 6.61 Å². The van der Waals surface area contributed by atoms with Crippen molar-refractivity contribution in [3.8, 4) is 0 Å². The summed E-state index contributed by atoms with van der Waals surface area (Å²) in [5.41, 5.74) is 1.92. The van der Waals surface area contributed by atoms with Gasteiger partial charge in [-0.1, -0.05) is 64.8 Å². The summed E-state index contributed by atoms with van der Waals surface area (Å²) in [5.74, 6) is -0.208. The SMILES string of the molecule is CC(CCc1ccccc1)NC(=O)CON=Cc1ccc(Cl)cc1Cl. The molecule has 0 bridgehead atoms. The van der Waals surface area contributed by atoms with Crippen LogP contribution in [0.5, 0.6) is 0 Å². The Morgan fingerprint density at radius 1 is 1.24 bits per heavy atom. The number of amides is 1. The fourth-order valence-electron chi connectivity index (χ4n) is 2.21. The van der Waals surface area contributed by atoms with Gasteiger partial charge in [0.1, 0.15) is 0 Å². The molecule has 2 aromatic rings. The summed E-state index contributed by atoms with van der Waals surface area (Å²) in [4.78, 5) is 16.8. The van der Waals surface area contributed by atoms with E-state index in [1.807, 2.05) is 25.1 Å². The first-order chi connectivity index (χ1) is 12.0. The molecule has 0 heterocycles. The fourth-order valence-corrected chi connectivity index (χ4v) is 2.67. The minimum absolute atomic E-state index is 0.0611. The molecule has 0 saturated heterocycles. The second-order valence-electron chi connectivity index (χ2n) is 5.67. The molecule has 0 radical (unpaired) electrons. The Bertz CT molecular complexity index is 721. The highest BCUT2D eigenvalue weighted by atomic mass is 35.5. The van der Waals surface area contributed by atoms with Crippen LogP contribution < -0.4 is 5.32 Å². The molecule has 1 amide bonds. The average Bonchev–Trinajstić information content (AvgIpc) is 2.59. The molecule has 132 valence electrons. The Balaban J connectivity index is 1.68. The molecule has 0 aliphatic rings. The van der Waals surface area contributed by atoms with Gasteiger partial charge >= 0.3 is 0 Å². The first-order valence-electron chi connectivity index (χ1n) is 7.98. The van der Waals surface area contributed by atoms with Crippen molar-refractivity contribution in [2.75, 3.05) is 6.61 Å². The van der Waals surface area contributed by atoms with Crippen LogP contribution in [0.2, 0.25) is 10.0 Å². The van der Waals surface area contributed by atoms with E-state index >= 15 is 0 Å². The van der Waals surface area contributed by atoms with Gasteiger partial charge in [-0.3, -0.25) is 4.79 Å². The number of halogens is 2. The van der Waals surface area contributed by atoms with Crippen LogP contribution in [0, 0.1) is 0 Å². The van der Waals surface area contributed by atoms with Crippen molar-refractivity contribution in [1.82, 2.24) is 5.32 Å². The van der Waals surface area contributed by atoms with E-state index in [4.69, 9.17) is 28.0 Å². The smallest absolute Gasteiger partial charge is 0.260 e. The molecular weight excluding hydrogens is 359 g/mol. The molecule has 1 atom stereocenters. The molecule has 25 heavy (non-hydrogen) atoms. The van der Waals surface area contributed by atoms with E-state index in [1.165, 1.54) is 11.8 Å². The number of hydrogen-bond donors (Lipinski definition) is 1. The van der Waals surface area contributed by atoms with Crippen molar-refractivity contribution in [3.05, 3.63) is 69.7 Å². The van der Waals surface area contributed by atoms with Crippen molar-refractivity contribution in [2.45, 2.75) is 25.8 Å². The van der Waals surface area contributed by atoms with Crippen LogP contribution in [0.15, 0.2) is 53.7 Å². The molecule has 4 nitrogen and oxygen atoms in total. The highest BCUT2D eigenvalue weighted by molar-refractivity contribution is 6.36. The molecule has 1 unspecified atom stereocenters. The van der Waals surface area contributed by atoms with Gasteiger partial charge in [0.25, 0.3) is 5.91 Å². The molecule has 0 aliphatic heterocycles. The molecule has 1 N–H and O–H groups in total. The van der Waals surface area contributed by atoms with E-state index < -0.39 is 0 Å². The van der Waals surface area contributed by atoms with Gasteiger partial charge in [-0.25, -0.2) is 0 Å². The third kappa shape index (κ3) is 7.16. The number of nitrogens with zero attached hydrogens (tertiary/aromatic N) is 1. The van der Waals surface area contributed by atoms with Crippen molar-refractivity contribution in [2.24, 2.45) is 5.16 Å². The van der Waals surface area contributed by atoms with Crippen molar-refractivity contribution >= 4 is 35.3 Å². The maximum atomic E-state index is 11.8. The summed E-state index contributed by atoms with van der Waals surface area (Å²) >= 11 is 11.8. The third-order valence-electron chi connectivity index (χ3n) is 3.54. The zero-order chi connectivity index (χ0) is 18.1. The van der Waals surface area contributed by atoms with Gasteiger partial charge in [0.2, 0.25) is 0 Å². The first kappa shape index (κ1) is 19.3. The number of carbonyl (C=O) groups excluding carboxylic acids is 1. The van der Waals surface area contributed by atoms with Crippen molar-refractivity contribution in [1.29, 1.82) is 0 Å². The summed E-state index contributed by atoms with van der Waals surface area (Å²) < 4.78 is 0. The van der Waals surface area contributed by atoms with Gasteiger partial charge in [0.05, 0.1) is 11.2 Å². The Labute approximate surface area is 157 Å². The largest absolute Gasteiger partial charge is 0.386 e. The molecule has 0 spiro atoms. The number of oxime groups is 1. The lowest BCUT2D eigenvalue weighted by molar-refractivity contribution is -0.126. The molecule has 2 aromatic carbocycles. The normalized spacial score (nSPS) is 12.1. The van der Waals surface area contributed by atoms with Crippen molar-refractivity contribution in [3.63, 3.8) is 0 Å². The first-order valence-corrected chi connectivity index (χ1v) is 8.74. The minimum Gasteiger partial charge on any atom is -0.386 e. The number of nitrogens with one attached hydrogen (secondary N) is 1. The van der Waals surface area contributed by atoms with Gasteiger partial charge in [-0.15, -0.1) is 0 Å². The standard InChI is InChI=1S/C19H20Cl2N2O2/c1-14(7-8-15-5-3-2-4-6-15)23-19(24)13-25-22-12-16-9-10-17(20)11-18(16)21/h2-6,9-12,14H,7-8,13H2,1H3,(H,23,24). The second-order valence-corrected chi connectivity index (χ2v) is 6.51. The van der Waals surface area contributed by atoms with E-state index in [1.54, 1.807) is 18.2 Å². The van der Waals surface area contributed by atoms with E-state index in [0.29, 0.717) is 15.6 Å². The molecule has 2 rings (SSSR count). The van der Waals surface area contributed by atoms with E-state index in [-0.39, 0.29) is 18.6 Å². The molecule has 6 heteroatoms. The zero-order valence-electron chi connectivity index (χ0n) is 13.9. The van der Waals surface area contributed by atoms with Crippen LogP contribution in [-0.2, 0) is 16.1 Å².